The first-order valence-electron chi connectivity index (χ1n) is 13.1. The molecule has 0 aromatic heterocycles. The molecule has 3 rings (SSSR count). The van der Waals surface area contributed by atoms with Crippen LogP contribution >= 0.6 is 0 Å². The Morgan fingerprint density at radius 1 is 0.816 bits per heavy atom. The molecule has 1 saturated heterocycles. The van der Waals surface area contributed by atoms with E-state index >= 15 is 0 Å². The number of nitrogens with one attached hydrogen (secondary N) is 1. The van der Waals surface area contributed by atoms with Crippen LogP contribution in [0.1, 0.15) is 62.9 Å². The van der Waals surface area contributed by atoms with Crippen molar-refractivity contribution in [1.82, 2.24) is 5.32 Å². The Balaban J connectivity index is 2.01. The molecule has 10 heteroatoms. The molecule has 1 fully saturated rings. The minimum atomic E-state index is -3.64. The van der Waals surface area contributed by atoms with E-state index in [1.807, 2.05) is 32.0 Å². The zero-order valence-corrected chi connectivity index (χ0v) is 24.1. The first-order chi connectivity index (χ1) is 18.3. The van der Waals surface area contributed by atoms with Crippen molar-refractivity contribution in [2.75, 3.05) is 53.9 Å². The lowest BCUT2D eigenvalue weighted by molar-refractivity contribution is 0.0435. The van der Waals surface area contributed by atoms with Gasteiger partial charge in [0.2, 0.25) is 5.75 Å². The Morgan fingerprint density at radius 3 is 1.89 bits per heavy atom. The summed E-state index contributed by atoms with van der Waals surface area (Å²) in [4.78, 5) is 0.143. The molecule has 0 bridgehead atoms. The standard InChI is InChI=1S/C28H41NO8S/c1-7-12-35-25-17-20(18-26(28(25)36-13-8-2)38(30,31)14-11-29-3)22-10-9-21(37-22)19-15-23(32-4)27(34-6)24(16-19)33-5/h15-18,21-22,29H,7-14H2,1-6H3. The lowest BCUT2D eigenvalue weighted by Gasteiger charge is -2.21. The second-order valence-corrected chi connectivity index (χ2v) is 11.2. The molecule has 1 aliphatic heterocycles. The molecule has 0 saturated carbocycles. The minimum absolute atomic E-state index is 0.0533. The van der Waals surface area contributed by atoms with Crippen LogP contribution in [0.5, 0.6) is 28.7 Å². The van der Waals surface area contributed by atoms with Crippen molar-refractivity contribution in [2.24, 2.45) is 0 Å². The fourth-order valence-electron chi connectivity index (χ4n) is 4.44. The molecule has 38 heavy (non-hydrogen) atoms. The van der Waals surface area contributed by atoms with Gasteiger partial charge in [0.15, 0.2) is 32.8 Å². The quantitative estimate of drug-likeness (QED) is 0.332. The molecule has 2 unspecified atom stereocenters. The van der Waals surface area contributed by atoms with E-state index in [2.05, 4.69) is 5.32 Å². The van der Waals surface area contributed by atoms with E-state index in [1.54, 1.807) is 34.4 Å². The molecular formula is C28H41NO8S. The van der Waals surface area contributed by atoms with E-state index in [0.29, 0.717) is 49.2 Å². The van der Waals surface area contributed by atoms with Gasteiger partial charge in [0.25, 0.3) is 0 Å². The van der Waals surface area contributed by atoms with Crippen LogP contribution in [0.3, 0.4) is 0 Å². The highest BCUT2D eigenvalue weighted by Gasteiger charge is 2.32. The van der Waals surface area contributed by atoms with Crippen molar-refractivity contribution >= 4 is 9.84 Å². The van der Waals surface area contributed by atoms with E-state index in [9.17, 15) is 8.42 Å². The third-order valence-corrected chi connectivity index (χ3v) is 8.08. The SMILES string of the molecule is CCCOc1cc(C2CCC(c3cc(OC)c(OC)c(OC)c3)O2)cc(S(=O)(=O)CCNC)c1OCCC. The molecule has 1 N–H and O–H groups in total. The Labute approximate surface area is 226 Å². The van der Waals surface area contributed by atoms with Crippen LogP contribution in [0.25, 0.3) is 0 Å². The van der Waals surface area contributed by atoms with Gasteiger partial charge in [-0.3, -0.25) is 0 Å². The number of methoxy groups -OCH3 is 3. The van der Waals surface area contributed by atoms with Crippen LogP contribution in [0.4, 0.5) is 0 Å². The van der Waals surface area contributed by atoms with E-state index in [0.717, 1.165) is 30.4 Å². The zero-order chi connectivity index (χ0) is 27.7. The van der Waals surface area contributed by atoms with Gasteiger partial charge >= 0.3 is 0 Å². The first kappa shape index (κ1) is 29.9. The normalized spacial score (nSPS) is 17.3. The number of rotatable bonds is 15. The van der Waals surface area contributed by atoms with Gasteiger partial charge in [-0.15, -0.1) is 0 Å². The van der Waals surface area contributed by atoms with Crippen LogP contribution < -0.4 is 29.0 Å². The average Bonchev–Trinajstić information content (AvgIpc) is 3.43. The third-order valence-electron chi connectivity index (χ3n) is 6.36. The number of hydrogen-bond acceptors (Lipinski definition) is 9. The van der Waals surface area contributed by atoms with Crippen molar-refractivity contribution in [3.05, 3.63) is 35.4 Å². The Morgan fingerprint density at radius 2 is 1.37 bits per heavy atom. The third kappa shape index (κ3) is 6.84. The lowest BCUT2D eigenvalue weighted by Crippen LogP contribution is -2.20. The van der Waals surface area contributed by atoms with Gasteiger partial charge in [-0.05, 0) is 68.1 Å². The van der Waals surface area contributed by atoms with Crippen molar-refractivity contribution in [3.63, 3.8) is 0 Å². The van der Waals surface area contributed by atoms with Crippen LogP contribution in [0.2, 0.25) is 0 Å². The number of ether oxygens (including phenoxy) is 6. The smallest absolute Gasteiger partial charge is 0.203 e. The predicted octanol–water partition coefficient (Wildman–Crippen LogP) is 4.88. The van der Waals surface area contributed by atoms with Crippen LogP contribution in [-0.2, 0) is 14.6 Å². The summed E-state index contributed by atoms with van der Waals surface area (Å²) in [7, 11) is 2.81. The maximum absolute atomic E-state index is 13.4. The zero-order valence-electron chi connectivity index (χ0n) is 23.3. The fourth-order valence-corrected chi connectivity index (χ4v) is 5.89. The van der Waals surface area contributed by atoms with Gasteiger partial charge in [-0.1, -0.05) is 13.8 Å². The summed E-state index contributed by atoms with van der Waals surface area (Å²) < 4.78 is 61.7. The van der Waals surface area contributed by atoms with Gasteiger partial charge in [0.05, 0.1) is 52.5 Å². The maximum atomic E-state index is 13.4. The van der Waals surface area contributed by atoms with Crippen LogP contribution in [0.15, 0.2) is 29.2 Å². The largest absolute Gasteiger partial charge is 0.493 e. The molecule has 212 valence electrons. The fraction of sp³-hybridized carbons (Fsp3) is 0.571. The summed E-state index contributed by atoms with van der Waals surface area (Å²) in [6, 6.07) is 7.33. The molecule has 2 aromatic rings. The molecule has 2 atom stereocenters. The highest BCUT2D eigenvalue weighted by atomic mass is 32.2. The Kier molecular flexibility index (Phi) is 10.9. The van der Waals surface area contributed by atoms with Gasteiger partial charge in [-0.2, -0.15) is 0 Å². The van der Waals surface area contributed by atoms with E-state index in [1.165, 1.54) is 0 Å². The topological polar surface area (TPSA) is 102 Å². The highest BCUT2D eigenvalue weighted by molar-refractivity contribution is 7.91. The first-order valence-corrected chi connectivity index (χ1v) is 14.7. The molecule has 1 heterocycles. The second kappa shape index (κ2) is 13.9. The van der Waals surface area contributed by atoms with Crippen molar-refractivity contribution in [2.45, 2.75) is 56.6 Å². The number of sulfone groups is 1. The summed E-state index contributed by atoms with van der Waals surface area (Å²) in [6.07, 6.45) is 2.43. The summed E-state index contributed by atoms with van der Waals surface area (Å²) in [5.41, 5.74) is 1.65. The van der Waals surface area contributed by atoms with Crippen LogP contribution in [-0.4, -0.2) is 62.3 Å². The van der Waals surface area contributed by atoms with Gasteiger partial charge in [-0.25, -0.2) is 8.42 Å². The summed E-state index contributed by atoms with van der Waals surface area (Å²) in [5.74, 6) is 2.28. The van der Waals surface area contributed by atoms with Crippen molar-refractivity contribution in [3.8, 4) is 28.7 Å². The van der Waals surface area contributed by atoms with Gasteiger partial charge in [0.1, 0.15) is 4.90 Å². The monoisotopic (exact) mass is 551 g/mol. The molecule has 9 nitrogen and oxygen atoms in total. The maximum Gasteiger partial charge on any atom is 0.203 e. The summed E-state index contributed by atoms with van der Waals surface area (Å²) in [6.45, 7) is 5.14. The van der Waals surface area contributed by atoms with E-state index in [4.69, 9.17) is 28.4 Å². The average molecular weight is 552 g/mol. The minimum Gasteiger partial charge on any atom is -0.493 e. The summed E-state index contributed by atoms with van der Waals surface area (Å²) >= 11 is 0. The number of benzene rings is 2. The van der Waals surface area contributed by atoms with E-state index < -0.39 is 9.84 Å². The summed E-state index contributed by atoms with van der Waals surface area (Å²) in [5, 5.41) is 2.92. The lowest BCUT2D eigenvalue weighted by atomic mass is 10.0. The van der Waals surface area contributed by atoms with Crippen molar-refractivity contribution < 1.29 is 36.8 Å². The molecule has 0 radical (unpaired) electrons. The number of hydrogen-bond donors (Lipinski definition) is 1. The van der Waals surface area contributed by atoms with Crippen molar-refractivity contribution in [1.29, 1.82) is 0 Å². The van der Waals surface area contributed by atoms with E-state index in [-0.39, 0.29) is 28.6 Å². The van der Waals surface area contributed by atoms with Gasteiger partial charge < -0.3 is 33.7 Å². The highest BCUT2D eigenvalue weighted by Crippen LogP contribution is 2.48. The predicted molar refractivity (Wildman–Crippen MR) is 146 cm³/mol. The second-order valence-electron chi connectivity index (χ2n) is 9.12. The molecule has 2 aromatic carbocycles. The Hall–Kier alpha value is -2.69. The molecule has 0 amide bonds. The molecule has 0 aliphatic carbocycles. The van der Waals surface area contributed by atoms with Crippen LogP contribution in [0, 0.1) is 0 Å². The molecule has 0 spiro atoms. The Bertz CT molecular complexity index is 1140. The molecular weight excluding hydrogens is 510 g/mol. The molecule has 1 aliphatic rings. The van der Waals surface area contributed by atoms with Gasteiger partial charge in [0, 0.05) is 6.54 Å².